The molecule has 8 heteroatoms. The van der Waals surface area contributed by atoms with Gasteiger partial charge in [-0.2, -0.15) is 0 Å². The summed E-state index contributed by atoms with van der Waals surface area (Å²) in [5.41, 5.74) is 0. The average molecular weight is 453 g/mol. The normalized spacial score (nSPS) is 13.8. The van der Waals surface area contributed by atoms with Gasteiger partial charge in [0.25, 0.3) is 0 Å². The smallest absolute Gasteiger partial charge is 0.189 e. The third kappa shape index (κ3) is 11.4. The van der Waals surface area contributed by atoms with E-state index in [2.05, 4.69) is 64.7 Å². The van der Waals surface area contributed by atoms with Crippen molar-refractivity contribution in [3.05, 3.63) is 0 Å². The fraction of sp³-hybridized carbons (Fsp3) is 0.952. The summed E-state index contributed by atoms with van der Waals surface area (Å²) in [4.78, 5) is 11.6. The van der Waals surface area contributed by atoms with Crippen LogP contribution in [0, 0.1) is 0 Å². The van der Waals surface area contributed by atoms with Crippen molar-refractivity contribution in [1.82, 2.24) is 9.34 Å². The van der Waals surface area contributed by atoms with E-state index in [1.165, 1.54) is 11.8 Å². The second-order valence-electron chi connectivity index (χ2n) is 8.01. The molecule has 0 heterocycles. The number of hydrogen-bond acceptors (Lipinski definition) is 7. The number of carbonyl (C=O) groups is 1. The molecule has 0 spiro atoms. The van der Waals surface area contributed by atoms with Gasteiger partial charge in [-0.25, -0.2) is 9.34 Å². The van der Waals surface area contributed by atoms with E-state index in [0.29, 0.717) is 56.2 Å². The van der Waals surface area contributed by atoms with E-state index in [9.17, 15) is 4.79 Å². The van der Waals surface area contributed by atoms with E-state index in [-0.39, 0.29) is 11.4 Å². The van der Waals surface area contributed by atoms with Crippen LogP contribution in [-0.4, -0.2) is 70.5 Å². The molecule has 0 aliphatic rings. The number of carbonyl (C=O) groups excluding carboxylic acids is 1. The molecular formula is C21H45N2O4PS. The average Bonchev–Trinajstić information content (AvgIpc) is 2.61. The first-order valence-corrected chi connectivity index (χ1v) is 13.1. The third-order valence-electron chi connectivity index (χ3n) is 4.13. The molecule has 0 rings (SSSR count). The van der Waals surface area contributed by atoms with Crippen LogP contribution < -0.4 is 0 Å². The number of ether oxygens (including phenoxy) is 2. The number of nitrogens with zero attached hydrogens (tertiary/aromatic N) is 2. The highest BCUT2D eigenvalue weighted by Gasteiger charge is 2.34. The zero-order valence-electron chi connectivity index (χ0n) is 20.3. The maximum Gasteiger partial charge on any atom is 0.189 e. The molecule has 1 atom stereocenters. The summed E-state index contributed by atoms with van der Waals surface area (Å²) in [6.07, 6.45) is 0.144. The molecule has 0 aliphatic carbocycles. The molecule has 0 radical (unpaired) electrons. The number of rotatable bonds is 16. The fourth-order valence-corrected chi connectivity index (χ4v) is 6.17. The molecule has 0 saturated carbocycles. The van der Waals surface area contributed by atoms with Crippen LogP contribution in [0.15, 0.2) is 0 Å². The van der Waals surface area contributed by atoms with Crippen molar-refractivity contribution in [3.8, 4) is 0 Å². The van der Waals surface area contributed by atoms with Gasteiger partial charge in [0, 0.05) is 37.2 Å². The zero-order valence-corrected chi connectivity index (χ0v) is 22.0. The lowest BCUT2D eigenvalue weighted by Gasteiger charge is -2.45. The van der Waals surface area contributed by atoms with Crippen LogP contribution in [0.3, 0.4) is 0 Å². The standard InChI is InChI=1S/C21H45N2O4PS/c1-11-20(24)29-15-21(25-12-2)26-13-14-27-28(22(16(3)4)17(5)6)23(18(7)8)19(9)10/h16-19,21H,11-15H2,1-10H3. The monoisotopic (exact) mass is 452 g/mol. The highest BCUT2D eigenvalue weighted by molar-refractivity contribution is 8.13. The summed E-state index contributed by atoms with van der Waals surface area (Å²) in [6, 6.07) is 1.54. The molecule has 0 aliphatic heterocycles. The third-order valence-corrected chi connectivity index (χ3v) is 8.23. The SMILES string of the molecule is CCOC(CSC(=O)CC)OCCOP(N(C(C)C)C(C)C)N(C(C)C)C(C)C. The van der Waals surface area contributed by atoms with Crippen molar-refractivity contribution in [2.45, 2.75) is 106 Å². The Labute approximate surface area is 185 Å². The molecule has 0 aromatic carbocycles. The molecule has 1 unspecified atom stereocenters. The van der Waals surface area contributed by atoms with Gasteiger partial charge in [-0.3, -0.25) is 4.79 Å². The molecule has 0 amide bonds. The molecule has 174 valence electrons. The van der Waals surface area contributed by atoms with Gasteiger partial charge in [-0.1, -0.05) is 18.7 Å². The maximum absolute atomic E-state index is 11.6. The van der Waals surface area contributed by atoms with E-state index in [1.807, 2.05) is 13.8 Å². The lowest BCUT2D eigenvalue weighted by Crippen LogP contribution is -2.43. The number of thioether (sulfide) groups is 1. The second kappa shape index (κ2) is 16.0. The first-order valence-electron chi connectivity index (χ1n) is 10.9. The molecule has 0 N–H and O–H groups in total. The van der Waals surface area contributed by atoms with E-state index in [1.54, 1.807) is 0 Å². The van der Waals surface area contributed by atoms with Crippen molar-refractivity contribution >= 4 is 25.3 Å². The van der Waals surface area contributed by atoms with Crippen LogP contribution in [-0.2, 0) is 18.8 Å². The Morgan fingerprint density at radius 3 is 1.69 bits per heavy atom. The maximum atomic E-state index is 11.6. The topological polar surface area (TPSA) is 51.2 Å². The van der Waals surface area contributed by atoms with E-state index < -0.39 is 8.45 Å². The summed E-state index contributed by atoms with van der Waals surface area (Å²) in [7, 11) is -0.918. The summed E-state index contributed by atoms with van der Waals surface area (Å²) in [5.74, 6) is 0.517. The highest BCUT2D eigenvalue weighted by atomic mass is 32.2. The van der Waals surface area contributed by atoms with Gasteiger partial charge >= 0.3 is 0 Å². The first-order chi connectivity index (χ1) is 13.6. The lowest BCUT2D eigenvalue weighted by atomic mass is 10.3. The Morgan fingerprint density at radius 1 is 0.828 bits per heavy atom. The van der Waals surface area contributed by atoms with Crippen molar-refractivity contribution in [1.29, 1.82) is 0 Å². The van der Waals surface area contributed by atoms with Crippen molar-refractivity contribution in [2.24, 2.45) is 0 Å². The Kier molecular flexibility index (Phi) is 16.1. The van der Waals surface area contributed by atoms with Gasteiger partial charge in [-0.15, -0.1) is 0 Å². The van der Waals surface area contributed by atoms with Crippen molar-refractivity contribution < 1.29 is 18.8 Å². The quantitative estimate of drug-likeness (QED) is 0.174. The molecular weight excluding hydrogens is 407 g/mol. The lowest BCUT2D eigenvalue weighted by molar-refractivity contribution is -0.128. The van der Waals surface area contributed by atoms with Gasteiger partial charge < -0.3 is 14.0 Å². The molecule has 0 saturated heterocycles. The summed E-state index contributed by atoms with van der Waals surface area (Å²) < 4.78 is 22.9. The predicted octanol–water partition coefficient (Wildman–Crippen LogP) is 5.52. The van der Waals surface area contributed by atoms with E-state index in [4.69, 9.17) is 14.0 Å². The van der Waals surface area contributed by atoms with Crippen molar-refractivity contribution in [2.75, 3.05) is 25.6 Å². The predicted molar refractivity (Wildman–Crippen MR) is 126 cm³/mol. The minimum atomic E-state index is -0.918. The van der Waals surface area contributed by atoms with Crippen molar-refractivity contribution in [3.63, 3.8) is 0 Å². The molecule has 29 heavy (non-hydrogen) atoms. The largest absolute Gasteiger partial charge is 0.352 e. The zero-order chi connectivity index (χ0) is 22.6. The summed E-state index contributed by atoms with van der Waals surface area (Å²) >= 11 is 1.27. The van der Waals surface area contributed by atoms with Crippen LogP contribution in [0.2, 0.25) is 0 Å². The van der Waals surface area contributed by atoms with E-state index in [0.717, 1.165) is 0 Å². The molecule has 0 aromatic heterocycles. The van der Waals surface area contributed by atoms with Gasteiger partial charge in [-0.05, 0) is 62.3 Å². The van der Waals surface area contributed by atoms with Crippen LogP contribution >= 0.6 is 20.2 Å². The number of hydrogen-bond donors (Lipinski definition) is 0. The summed E-state index contributed by atoms with van der Waals surface area (Å²) in [5, 5.41) is 0.159. The van der Waals surface area contributed by atoms with Gasteiger partial charge in [0.1, 0.15) is 0 Å². The molecule has 0 aromatic rings. The Hall–Kier alpha value is 0.250. The van der Waals surface area contributed by atoms with Gasteiger partial charge in [0.05, 0.1) is 19.0 Å². The second-order valence-corrected chi connectivity index (χ2v) is 10.8. The molecule has 0 fully saturated rings. The van der Waals surface area contributed by atoms with Crippen LogP contribution in [0.5, 0.6) is 0 Å². The summed E-state index contributed by atoms with van der Waals surface area (Å²) in [6.45, 7) is 23.1. The minimum absolute atomic E-state index is 0.159. The Bertz CT molecular complexity index is 403. The van der Waals surface area contributed by atoms with Crippen LogP contribution in [0.1, 0.15) is 75.7 Å². The van der Waals surface area contributed by atoms with Gasteiger partial charge in [0.15, 0.2) is 19.9 Å². The molecule has 0 bridgehead atoms. The Balaban J connectivity index is 5.00. The van der Waals surface area contributed by atoms with Crippen LogP contribution in [0.25, 0.3) is 0 Å². The first kappa shape index (κ1) is 29.2. The fourth-order valence-electron chi connectivity index (χ4n) is 3.13. The van der Waals surface area contributed by atoms with Gasteiger partial charge in [0.2, 0.25) is 0 Å². The van der Waals surface area contributed by atoms with E-state index >= 15 is 0 Å². The molecule has 6 nitrogen and oxygen atoms in total. The Morgan fingerprint density at radius 2 is 1.31 bits per heavy atom. The minimum Gasteiger partial charge on any atom is -0.352 e. The van der Waals surface area contributed by atoms with Crippen LogP contribution in [0.4, 0.5) is 0 Å². The highest BCUT2D eigenvalue weighted by Crippen LogP contribution is 2.50.